The predicted octanol–water partition coefficient (Wildman–Crippen LogP) is 2.61. The fourth-order valence-corrected chi connectivity index (χ4v) is 2.29. The number of hydrogen-bond donors (Lipinski definition) is 2. The van der Waals surface area contributed by atoms with Gasteiger partial charge < -0.3 is 24.7 Å². The van der Waals surface area contributed by atoms with Crippen LogP contribution >= 0.6 is 24.0 Å². The van der Waals surface area contributed by atoms with Crippen molar-refractivity contribution in [1.29, 1.82) is 0 Å². The van der Waals surface area contributed by atoms with Crippen LogP contribution in [0, 0.1) is 6.92 Å². The zero-order valence-corrected chi connectivity index (χ0v) is 18.5. The lowest BCUT2D eigenvalue weighted by molar-refractivity contribution is -0.0504. The molecule has 0 amide bonds. The fraction of sp³-hybridized carbons (Fsp3) is 0.471. The number of guanidine groups is 1. The minimum atomic E-state index is -2.91. The molecule has 8 nitrogen and oxygen atoms in total. The van der Waals surface area contributed by atoms with Crippen molar-refractivity contribution in [3.8, 4) is 11.5 Å². The molecule has 0 aliphatic carbocycles. The summed E-state index contributed by atoms with van der Waals surface area (Å²) in [4.78, 5) is 4.44. The molecule has 0 radical (unpaired) electrons. The van der Waals surface area contributed by atoms with E-state index in [1.807, 2.05) is 25.5 Å². The minimum absolute atomic E-state index is 0. The Labute approximate surface area is 179 Å². The van der Waals surface area contributed by atoms with E-state index in [1.54, 1.807) is 12.1 Å². The number of methoxy groups -OCH3 is 1. The highest BCUT2D eigenvalue weighted by molar-refractivity contribution is 14.0. The van der Waals surface area contributed by atoms with E-state index in [2.05, 4.69) is 30.6 Å². The molecule has 0 saturated carbocycles. The van der Waals surface area contributed by atoms with Crippen molar-refractivity contribution in [1.82, 2.24) is 25.4 Å². The van der Waals surface area contributed by atoms with Crippen LogP contribution < -0.4 is 20.1 Å². The Kier molecular flexibility index (Phi) is 9.90. The largest absolute Gasteiger partial charge is 0.497 e. The summed E-state index contributed by atoms with van der Waals surface area (Å²) in [5.74, 6) is 2.67. The topological polar surface area (TPSA) is 85.6 Å². The lowest BCUT2D eigenvalue weighted by Crippen LogP contribution is -2.37. The molecule has 156 valence electrons. The van der Waals surface area contributed by atoms with E-state index in [9.17, 15) is 8.78 Å². The molecular formula is C17H25F2IN6O2. The summed E-state index contributed by atoms with van der Waals surface area (Å²) in [6.45, 7) is 2.08. The summed E-state index contributed by atoms with van der Waals surface area (Å²) >= 11 is 0. The number of rotatable bonds is 8. The van der Waals surface area contributed by atoms with Gasteiger partial charge in [0.25, 0.3) is 0 Å². The van der Waals surface area contributed by atoms with Crippen LogP contribution in [0.25, 0.3) is 0 Å². The van der Waals surface area contributed by atoms with Gasteiger partial charge in [0, 0.05) is 19.2 Å². The Morgan fingerprint density at radius 2 is 2.04 bits per heavy atom. The third-order valence-electron chi connectivity index (χ3n) is 3.83. The van der Waals surface area contributed by atoms with Crippen molar-refractivity contribution in [2.45, 2.75) is 33.5 Å². The zero-order chi connectivity index (χ0) is 19.8. The van der Waals surface area contributed by atoms with Gasteiger partial charge in [0.1, 0.15) is 17.3 Å². The molecule has 28 heavy (non-hydrogen) atoms. The average Bonchev–Trinajstić information content (AvgIpc) is 2.96. The van der Waals surface area contributed by atoms with Gasteiger partial charge in [0.15, 0.2) is 11.8 Å². The maximum absolute atomic E-state index is 12.6. The SMILES string of the molecule is CCNC(=NCc1cc(OC)ccc1OC(F)F)NCc1nnc(C)n1C.I. The number of nitrogens with zero attached hydrogens (tertiary/aromatic N) is 4. The molecule has 1 aromatic heterocycles. The highest BCUT2D eigenvalue weighted by atomic mass is 127. The van der Waals surface area contributed by atoms with E-state index >= 15 is 0 Å². The highest BCUT2D eigenvalue weighted by Crippen LogP contribution is 2.26. The first-order valence-electron chi connectivity index (χ1n) is 8.43. The van der Waals surface area contributed by atoms with Crippen LogP contribution in [-0.4, -0.2) is 41.0 Å². The van der Waals surface area contributed by atoms with Crippen LogP contribution in [-0.2, 0) is 20.1 Å². The molecule has 0 unspecified atom stereocenters. The first kappa shape index (κ1) is 23.9. The Bertz CT molecular complexity index is 785. The normalized spacial score (nSPS) is 11.2. The van der Waals surface area contributed by atoms with Crippen LogP contribution in [0.1, 0.15) is 24.1 Å². The second-order valence-electron chi connectivity index (χ2n) is 5.62. The Balaban J connectivity index is 0.00000392. The molecule has 0 bridgehead atoms. The number of ether oxygens (including phenoxy) is 2. The maximum atomic E-state index is 12.6. The van der Waals surface area contributed by atoms with Gasteiger partial charge in [-0.15, -0.1) is 34.2 Å². The number of hydrogen-bond acceptors (Lipinski definition) is 5. The number of aliphatic imine (C=N–C) groups is 1. The number of benzene rings is 1. The highest BCUT2D eigenvalue weighted by Gasteiger charge is 2.11. The van der Waals surface area contributed by atoms with Gasteiger partial charge in [0.05, 0.1) is 20.2 Å². The number of halogens is 3. The van der Waals surface area contributed by atoms with Crippen LogP contribution in [0.3, 0.4) is 0 Å². The summed E-state index contributed by atoms with van der Waals surface area (Å²) in [7, 11) is 3.38. The second-order valence-corrected chi connectivity index (χ2v) is 5.62. The number of nitrogens with one attached hydrogen (secondary N) is 2. The Hall–Kier alpha value is -2.18. The summed E-state index contributed by atoms with van der Waals surface area (Å²) < 4.78 is 36.8. The number of aryl methyl sites for hydroxylation is 1. The average molecular weight is 510 g/mol. The Morgan fingerprint density at radius 3 is 2.61 bits per heavy atom. The smallest absolute Gasteiger partial charge is 0.387 e. The van der Waals surface area contributed by atoms with E-state index in [0.29, 0.717) is 30.4 Å². The van der Waals surface area contributed by atoms with Crippen LogP contribution in [0.15, 0.2) is 23.2 Å². The van der Waals surface area contributed by atoms with Gasteiger partial charge in [-0.25, -0.2) is 4.99 Å². The molecule has 2 N–H and O–H groups in total. The van der Waals surface area contributed by atoms with E-state index < -0.39 is 6.61 Å². The van der Waals surface area contributed by atoms with Crippen LogP contribution in [0.4, 0.5) is 8.78 Å². The van der Waals surface area contributed by atoms with Crippen LogP contribution in [0.5, 0.6) is 11.5 Å². The van der Waals surface area contributed by atoms with Crippen molar-refractivity contribution in [3.63, 3.8) is 0 Å². The molecular weight excluding hydrogens is 485 g/mol. The van der Waals surface area contributed by atoms with Crippen molar-refractivity contribution in [2.75, 3.05) is 13.7 Å². The van der Waals surface area contributed by atoms with Crippen molar-refractivity contribution in [2.24, 2.45) is 12.0 Å². The third kappa shape index (κ3) is 6.77. The van der Waals surface area contributed by atoms with Gasteiger partial charge in [-0.1, -0.05) is 0 Å². The molecule has 0 spiro atoms. The van der Waals surface area contributed by atoms with Crippen molar-refractivity contribution < 1.29 is 18.3 Å². The molecule has 1 aromatic carbocycles. The van der Waals surface area contributed by atoms with Crippen molar-refractivity contribution >= 4 is 29.9 Å². The molecule has 2 aromatic rings. The monoisotopic (exact) mass is 510 g/mol. The van der Waals surface area contributed by atoms with Gasteiger partial charge in [-0.05, 0) is 32.0 Å². The van der Waals surface area contributed by atoms with Crippen molar-refractivity contribution in [3.05, 3.63) is 35.4 Å². The summed E-state index contributed by atoms with van der Waals surface area (Å²) in [5.41, 5.74) is 0.487. The van der Waals surface area contributed by atoms with E-state index in [-0.39, 0.29) is 36.3 Å². The molecule has 1 heterocycles. The van der Waals surface area contributed by atoms with Gasteiger partial charge in [-0.2, -0.15) is 8.78 Å². The number of aromatic nitrogens is 3. The lowest BCUT2D eigenvalue weighted by Gasteiger charge is -2.13. The van der Waals surface area contributed by atoms with E-state index in [4.69, 9.17) is 4.74 Å². The quantitative estimate of drug-likeness (QED) is 0.323. The second kappa shape index (κ2) is 11.6. The molecule has 0 aliphatic heterocycles. The summed E-state index contributed by atoms with van der Waals surface area (Å²) in [6, 6.07) is 4.63. The lowest BCUT2D eigenvalue weighted by atomic mass is 10.2. The molecule has 0 aliphatic rings. The van der Waals surface area contributed by atoms with E-state index in [0.717, 1.165) is 11.6 Å². The summed E-state index contributed by atoms with van der Waals surface area (Å²) in [6.07, 6.45) is 0. The Morgan fingerprint density at radius 1 is 1.29 bits per heavy atom. The van der Waals surface area contributed by atoms with Crippen LogP contribution in [0.2, 0.25) is 0 Å². The molecule has 11 heteroatoms. The first-order chi connectivity index (χ1) is 12.9. The van der Waals surface area contributed by atoms with Gasteiger partial charge >= 0.3 is 6.61 Å². The molecule has 2 rings (SSSR count). The molecule has 0 saturated heterocycles. The maximum Gasteiger partial charge on any atom is 0.387 e. The fourth-order valence-electron chi connectivity index (χ4n) is 2.29. The first-order valence-corrected chi connectivity index (χ1v) is 8.43. The number of alkyl halides is 2. The molecule has 0 atom stereocenters. The van der Waals surface area contributed by atoms with E-state index in [1.165, 1.54) is 13.2 Å². The zero-order valence-electron chi connectivity index (χ0n) is 16.2. The predicted molar refractivity (Wildman–Crippen MR) is 112 cm³/mol. The summed E-state index contributed by atoms with van der Waals surface area (Å²) in [5, 5.41) is 14.3. The minimum Gasteiger partial charge on any atom is -0.497 e. The van der Waals surface area contributed by atoms with Gasteiger partial charge in [0.2, 0.25) is 0 Å². The standard InChI is InChI=1S/C17H24F2N6O2.HI/c1-5-20-17(22-10-15-24-23-11(2)25(15)3)21-9-12-8-13(26-4)6-7-14(12)27-16(18)19;/h6-8,16H,5,9-10H2,1-4H3,(H2,20,21,22);1H. The molecule has 0 fully saturated rings. The third-order valence-corrected chi connectivity index (χ3v) is 3.83. The van der Waals surface area contributed by atoms with Gasteiger partial charge in [-0.3, -0.25) is 0 Å².